The highest BCUT2D eigenvalue weighted by Gasteiger charge is 2.52. The number of hydrogen-bond donors (Lipinski definition) is 0. The molecule has 0 saturated carbocycles. The van der Waals surface area contributed by atoms with E-state index in [4.69, 9.17) is 18.0 Å². The largest absolute Gasteiger partial charge is 0.503 e. The summed E-state index contributed by atoms with van der Waals surface area (Å²) in [7, 11) is -2.66. The summed E-state index contributed by atoms with van der Waals surface area (Å²) in [4.78, 5) is 13.7. The minimum Gasteiger partial charge on any atom is -0.374 e. The Kier molecular flexibility index (Phi) is 8.32. The van der Waals surface area contributed by atoms with Gasteiger partial charge >= 0.3 is 8.80 Å². The molecule has 1 aliphatic heterocycles. The molecule has 0 aromatic rings. The van der Waals surface area contributed by atoms with Gasteiger partial charge in [-0.2, -0.15) is 0 Å². The van der Waals surface area contributed by atoms with Gasteiger partial charge in [-0.3, -0.25) is 0 Å². The topological polar surface area (TPSA) is 66.4 Å². The van der Waals surface area contributed by atoms with Crippen molar-refractivity contribution in [3.05, 3.63) is 0 Å². The Bertz CT molecular complexity index is 333. The third kappa shape index (κ3) is 5.62. The molecule has 122 valence electrons. The second-order valence-electron chi connectivity index (χ2n) is 4.92. The van der Waals surface area contributed by atoms with Crippen molar-refractivity contribution in [1.82, 2.24) is 0 Å². The van der Waals surface area contributed by atoms with Crippen molar-refractivity contribution in [3.8, 4) is 0 Å². The van der Waals surface area contributed by atoms with Crippen molar-refractivity contribution < 1.29 is 22.8 Å². The van der Waals surface area contributed by atoms with Crippen LogP contribution in [0.15, 0.2) is 4.99 Å². The summed E-state index contributed by atoms with van der Waals surface area (Å²) >= 11 is 0. The molecule has 7 heteroatoms. The fourth-order valence-electron chi connectivity index (χ4n) is 2.73. The first-order chi connectivity index (χ1) is 10.2. The maximum Gasteiger partial charge on any atom is 0.503 e. The summed E-state index contributed by atoms with van der Waals surface area (Å²) in [5.74, 6) is -0.665. The number of carbonyl (C=O) groups excluding carboxylic acids is 1. The van der Waals surface area contributed by atoms with E-state index < -0.39 is 14.6 Å². The highest BCUT2D eigenvalue weighted by Crippen LogP contribution is 2.38. The number of ether oxygens (including phenoxy) is 1. The van der Waals surface area contributed by atoms with E-state index in [1.165, 1.54) is 0 Å². The molecule has 0 bridgehead atoms. The van der Waals surface area contributed by atoms with Gasteiger partial charge in [-0.25, -0.2) is 9.79 Å². The van der Waals surface area contributed by atoms with Crippen molar-refractivity contribution in [1.29, 1.82) is 0 Å². The van der Waals surface area contributed by atoms with Gasteiger partial charge in [-0.15, -0.1) is 0 Å². The van der Waals surface area contributed by atoms with Crippen molar-refractivity contribution in [2.24, 2.45) is 4.99 Å². The van der Waals surface area contributed by atoms with Crippen molar-refractivity contribution in [2.45, 2.75) is 58.3 Å². The summed E-state index contributed by atoms with van der Waals surface area (Å²) in [5, 5.41) is 0. The number of nitrogens with zero attached hydrogens (tertiary/aromatic N) is 1. The van der Waals surface area contributed by atoms with Crippen LogP contribution in [0.5, 0.6) is 0 Å². The van der Waals surface area contributed by atoms with Crippen molar-refractivity contribution >= 4 is 14.9 Å². The Balaban J connectivity index is 2.77. The Morgan fingerprint density at radius 2 is 1.95 bits per heavy atom. The SMILES string of the molecule is CCOC1(CCCN=C=O)CCC[Si](OCC)(OCC)O1. The standard InChI is InChI=1S/C14H27NO5Si/c1-4-17-14(9-7-11-15-13-16)10-8-12-21(20-14,18-5-2)19-6-3/h4-12H2,1-3H3. The third-order valence-electron chi connectivity index (χ3n) is 3.41. The van der Waals surface area contributed by atoms with Gasteiger partial charge < -0.3 is 18.0 Å². The summed E-state index contributed by atoms with van der Waals surface area (Å²) in [6.07, 6.45) is 4.74. The monoisotopic (exact) mass is 317 g/mol. The summed E-state index contributed by atoms with van der Waals surface area (Å²) < 4.78 is 23.9. The molecule has 1 rings (SSSR count). The highest BCUT2D eigenvalue weighted by atomic mass is 28.4. The van der Waals surface area contributed by atoms with Crippen LogP contribution in [0.2, 0.25) is 6.04 Å². The van der Waals surface area contributed by atoms with Crippen LogP contribution in [0.3, 0.4) is 0 Å². The molecule has 0 aromatic carbocycles. The van der Waals surface area contributed by atoms with Crippen LogP contribution >= 0.6 is 0 Å². The van der Waals surface area contributed by atoms with Gasteiger partial charge in [0.2, 0.25) is 6.08 Å². The van der Waals surface area contributed by atoms with Crippen LogP contribution in [0.25, 0.3) is 0 Å². The lowest BCUT2D eigenvalue weighted by Gasteiger charge is -2.44. The van der Waals surface area contributed by atoms with Crippen LogP contribution in [-0.2, 0) is 22.8 Å². The normalized spacial score (nSPS) is 24.5. The van der Waals surface area contributed by atoms with Crippen molar-refractivity contribution in [2.75, 3.05) is 26.4 Å². The summed E-state index contributed by atoms with van der Waals surface area (Å²) in [6, 6.07) is 0.829. The van der Waals surface area contributed by atoms with E-state index in [0.717, 1.165) is 25.3 Å². The molecule has 6 nitrogen and oxygen atoms in total. The minimum atomic E-state index is -2.66. The van der Waals surface area contributed by atoms with E-state index in [-0.39, 0.29) is 0 Å². The molecule has 1 atom stereocenters. The predicted octanol–water partition coefficient (Wildman–Crippen LogP) is 2.66. The maximum atomic E-state index is 10.1. The van der Waals surface area contributed by atoms with E-state index in [2.05, 4.69) is 4.99 Å². The lowest BCUT2D eigenvalue weighted by Crippen LogP contribution is -2.57. The van der Waals surface area contributed by atoms with Gasteiger partial charge in [0.1, 0.15) is 0 Å². The molecule has 0 aliphatic carbocycles. The number of hydrogen-bond acceptors (Lipinski definition) is 6. The molecule has 1 heterocycles. The Morgan fingerprint density at radius 3 is 2.52 bits per heavy atom. The molecule has 0 spiro atoms. The molecule has 1 fully saturated rings. The quantitative estimate of drug-likeness (QED) is 0.268. The molecule has 1 saturated heterocycles. The van der Waals surface area contributed by atoms with Crippen LogP contribution in [-0.4, -0.2) is 47.0 Å². The number of isocyanates is 1. The maximum absolute atomic E-state index is 10.1. The molecule has 1 aliphatic rings. The highest BCUT2D eigenvalue weighted by molar-refractivity contribution is 6.61. The third-order valence-corrected chi connectivity index (χ3v) is 6.52. The zero-order chi connectivity index (χ0) is 15.6. The first kappa shape index (κ1) is 18.5. The fourth-order valence-corrected chi connectivity index (χ4v) is 5.64. The Hall–Kier alpha value is -0.563. The van der Waals surface area contributed by atoms with E-state index in [0.29, 0.717) is 32.8 Å². The summed E-state index contributed by atoms with van der Waals surface area (Å²) in [6.45, 7) is 8.01. The van der Waals surface area contributed by atoms with E-state index in [1.54, 1.807) is 6.08 Å². The lowest BCUT2D eigenvalue weighted by molar-refractivity contribution is -0.226. The van der Waals surface area contributed by atoms with Crippen LogP contribution < -0.4 is 0 Å². The Labute approximate surface area is 128 Å². The molecule has 0 amide bonds. The van der Waals surface area contributed by atoms with E-state index >= 15 is 0 Å². The van der Waals surface area contributed by atoms with Crippen molar-refractivity contribution in [3.63, 3.8) is 0 Å². The van der Waals surface area contributed by atoms with Gasteiger partial charge in [0.15, 0.2) is 5.79 Å². The zero-order valence-corrected chi connectivity index (χ0v) is 14.4. The number of rotatable bonds is 10. The van der Waals surface area contributed by atoms with Crippen LogP contribution in [0, 0.1) is 0 Å². The van der Waals surface area contributed by atoms with Gasteiger partial charge in [-0.1, -0.05) is 0 Å². The predicted molar refractivity (Wildman–Crippen MR) is 80.7 cm³/mol. The lowest BCUT2D eigenvalue weighted by atomic mass is 10.0. The first-order valence-corrected chi connectivity index (χ1v) is 9.74. The van der Waals surface area contributed by atoms with Crippen LogP contribution in [0.1, 0.15) is 46.5 Å². The second kappa shape index (κ2) is 9.45. The molecular formula is C14H27NO5Si. The van der Waals surface area contributed by atoms with E-state index in [9.17, 15) is 4.79 Å². The van der Waals surface area contributed by atoms with E-state index in [1.807, 2.05) is 20.8 Å². The van der Waals surface area contributed by atoms with Gasteiger partial charge in [0.25, 0.3) is 0 Å². The van der Waals surface area contributed by atoms with Crippen LogP contribution in [0.4, 0.5) is 0 Å². The van der Waals surface area contributed by atoms with Gasteiger partial charge in [0, 0.05) is 38.7 Å². The number of aliphatic imine (C=N–C) groups is 1. The molecule has 1 unspecified atom stereocenters. The van der Waals surface area contributed by atoms with Gasteiger partial charge in [-0.05, 0) is 33.6 Å². The fraction of sp³-hybridized carbons (Fsp3) is 0.929. The summed E-state index contributed by atoms with van der Waals surface area (Å²) in [5.41, 5.74) is 0. The molecular weight excluding hydrogens is 290 g/mol. The average Bonchev–Trinajstić information content (AvgIpc) is 2.45. The van der Waals surface area contributed by atoms with Gasteiger partial charge in [0.05, 0.1) is 6.54 Å². The smallest absolute Gasteiger partial charge is 0.374 e. The molecule has 21 heavy (non-hydrogen) atoms. The Morgan fingerprint density at radius 1 is 1.24 bits per heavy atom. The average molecular weight is 317 g/mol. The molecule has 0 N–H and O–H groups in total. The molecule has 0 radical (unpaired) electrons. The minimum absolute atomic E-state index is 0.444. The first-order valence-electron chi connectivity index (χ1n) is 7.81. The second-order valence-corrected chi connectivity index (χ2v) is 7.57. The zero-order valence-electron chi connectivity index (χ0n) is 13.4. The molecule has 0 aromatic heterocycles.